The normalized spacial score (nSPS) is 11.3. The smallest absolute Gasteiger partial charge is 0.203 e. The van der Waals surface area contributed by atoms with E-state index in [1.165, 1.54) is 32.7 Å². The van der Waals surface area contributed by atoms with Crippen LogP contribution in [0.15, 0.2) is 29.6 Å². The van der Waals surface area contributed by atoms with Crippen molar-refractivity contribution in [3.8, 4) is 29.4 Å². The van der Waals surface area contributed by atoms with Gasteiger partial charge >= 0.3 is 0 Å². The molecule has 134 valence electrons. The van der Waals surface area contributed by atoms with Crippen molar-refractivity contribution in [3.63, 3.8) is 0 Å². The molecule has 26 heavy (non-hydrogen) atoms. The topological polar surface area (TPSA) is 92.3 Å². The molecule has 0 N–H and O–H groups in total. The van der Waals surface area contributed by atoms with Gasteiger partial charge in [0, 0.05) is 12.3 Å². The molecule has 1 heterocycles. The summed E-state index contributed by atoms with van der Waals surface area (Å²) in [6, 6.07) is 10.8. The lowest BCUT2D eigenvalue weighted by Gasteiger charge is -2.20. The van der Waals surface area contributed by atoms with Crippen LogP contribution < -0.4 is 14.2 Å². The minimum absolute atomic E-state index is 0.0327. The summed E-state index contributed by atoms with van der Waals surface area (Å²) in [4.78, 5) is 13.2. The van der Waals surface area contributed by atoms with Crippen LogP contribution in [0.1, 0.15) is 27.6 Å². The van der Waals surface area contributed by atoms with Gasteiger partial charge in [0.15, 0.2) is 17.3 Å². The average Bonchev–Trinajstić information content (AvgIpc) is 3.21. The van der Waals surface area contributed by atoms with E-state index < -0.39 is 11.8 Å². The van der Waals surface area contributed by atoms with Gasteiger partial charge in [0.25, 0.3) is 0 Å². The van der Waals surface area contributed by atoms with Gasteiger partial charge in [-0.25, -0.2) is 0 Å². The minimum atomic E-state index is -0.985. The van der Waals surface area contributed by atoms with Gasteiger partial charge < -0.3 is 14.2 Å². The van der Waals surface area contributed by atoms with E-state index in [1.54, 1.807) is 24.3 Å². The molecule has 0 aliphatic heterocycles. The molecule has 0 aliphatic carbocycles. The van der Waals surface area contributed by atoms with E-state index in [0.717, 1.165) is 0 Å². The number of carbonyl (C=O) groups is 1. The maximum Gasteiger partial charge on any atom is 0.203 e. The summed E-state index contributed by atoms with van der Waals surface area (Å²) < 4.78 is 16.0. The van der Waals surface area contributed by atoms with Crippen LogP contribution in [0, 0.1) is 28.6 Å². The summed E-state index contributed by atoms with van der Waals surface area (Å²) >= 11 is 1.33. The van der Waals surface area contributed by atoms with Crippen LogP contribution in [-0.2, 0) is 0 Å². The number of rotatable bonds is 8. The van der Waals surface area contributed by atoms with Crippen molar-refractivity contribution in [3.05, 3.63) is 40.1 Å². The fourth-order valence-electron chi connectivity index (χ4n) is 2.69. The first kappa shape index (κ1) is 19.3. The van der Waals surface area contributed by atoms with E-state index >= 15 is 0 Å². The molecule has 0 aliphatic rings. The van der Waals surface area contributed by atoms with Crippen molar-refractivity contribution in [2.75, 3.05) is 21.3 Å². The van der Waals surface area contributed by atoms with E-state index in [4.69, 9.17) is 14.2 Å². The van der Waals surface area contributed by atoms with E-state index in [1.807, 2.05) is 17.5 Å². The molecule has 1 unspecified atom stereocenters. The number of nitriles is 2. The largest absolute Gasteiger partial charge is 0.493 e. The molecule has 1 aromatic carbocycles. The van der Waals surface area contributed by atoms with Crippen molar-refractivity contribution in [1.29, 1.82) is 10.5 Å². The van der Waals surface area contributed by atoms with Crippen molar-refractivity contribution >= 4 is 17.1 Å². The quantitative estimate of drug-likeness (QED) is 0.656. The number of thiophene rings is 1. The van der Waals surface area contributed by atoms with Gasteiger partial charge in [-0.1, -0.05) is 6.07 Å². The molecular formula is C19H18N2O4S. The fraction of sp³-hybridized carbons (Fsp3) is 0.316. The fourth-order valence-corrected chi connectivity index (χ4v) is 3.37. The zero-order valence-corrected chi connectivity index (χ0v) is 15.5. The number of ether oxygens (including phenoxy) is 3. The van der Waals surface area contributed by atoms with Crippen molar-refractivity contribution in [1.82, 2.24) is 0 Å². The van der Waals surface area contributed by atoms with Gasteiger partial charge in [-0.15, -0.1) is 11.3 Å². The van der Waals surface area contributed by atoms with Crippen LogP contribution in [0.3, 0.4) is 0 Å². The standard InChI is InChI=1S/C19H18N2O4S/c1-23-16-7-12(8-17(24-2)19(16)25-3)14(13(10-20)11-21)9-15(22)18-5-4-6-26-18/h4-8,13-14H,9H2,1-3H3. The summed E-state index contributed by atoms with van der Waals surface area (Å²) in [5.74, 6) is -0.494. The molecule has 0 saturated carbocycles. The van der Waals surface area contributed by atoms with Crippen LogP contribution in [-0.4, -0.2) is 27.1 Å². The van der Waals surface area contributed by atoms with Gasteiger partial charge in [-0.05, 0) is 29.1 Å². The Hall–Kier alpha value is -3.03. The maximum absolute atomic E-state index is 12.6. The molecule has 0 amide bonds. The Morgan fingerprint density at radius 1 is 1.12 bits per heavy atom. The lowest BCUT2D eigenvalue weighted by Crippen LogP contribution is -2.15. The number of hydrogen-bond donors (Lipinski definition) is 0. The second-order valence-corrected chi connectivity index (χ2v) is 6.35. The Balaban J connectivity index is 2.50. The minimum Gasteiger partial charge on any atom is -0.493 e. The Bertz CT molecular complexity index is 810. The van der Waals surface area contributed by atoms with Crippen LogP contribution in [0.25, 0.3) is 0 Å². The molecule has 0 fully saturated rings. The Morgan fingerprint density at radius 2 is 1.73 bits per heavy atom. The molecule has 2 rings (SSSR count). The second kappa shape index (κ2) is 8.89. The lowest BCUT2D eigenvalue weighted by molar-refractivity contribution is 0.0974. The van der Waals surface area contributed by atoms with Crippen LogP contribution >= 0.6 is 11.3 Å². The maximum atomic E-state index is 12.6. The highest BCUT2D eigenvalue weighted by Crippen LogP contribution is 2.42. The van der Waals surface area contributed by atoms with Crippen molar-refractivity contribution in [2.45, 2.75) is 12.3 Å². The molecule has 0 saturated heterocycles. The molecule has 1 aromatic heterocycles. The molecule has 0 spiro atoms. The summed E-state index contributed by atoms with van der Waals surface area (Å²) in [7, 11) is 4.46. The van der Waals surface area contributed by atoms with Gasteiger partial charge in [0.2, 0.25) is 5.75 Å². The predicted octanol–water partition coefficient (Wildman–Crippen LogP) is 3.79. The van der Waals surface area contributed by atoms with Gasteiger partial charge in [0.05, 0.1) is 38.3 Å². The molecule has 1 atom stereocenters. The zero-order chi connectivity index (χ0) is 19.1. The first-order chi connectivity index (χ1) is 12.6. The monoisotopic (exact) mass is 370 g/mol. The molecule has 0 radical (unpaired) electrons. The summed E-state index contributed by atoms with van der Waals surface area (Å²) in [5.41, 5.74) is 0.609. The highest BCUT2D eigenvalue weighted by molar-refractivity contribution is 7.12. The van der Waals surface area contributed by atoms with E-state index in [9.17, 15) is 15.3 Å². The van der Waals surface area contributed by atoms with Crippen molar-refractivity contribution < 1.29 is 19.0 Å². The number of ketones is 1. The Morgan fingerprint density at radius 3 is 2.15 bits per heavy atom. The second-order valence-electron chi connectivity index (χ2n) is 5.41. The van der Waals surface area contributed by atoms with Gasteiger partial charge in [0.1, 0.15) is 5.92 Å². The highest BCUT2D eigenvalue weighted by atomic mass is 32.1. The van der Waals surface area contributed by atoms with E-state index in [0.29, 0.717) is 27.7 Å². The number of nitrogens with zero attached hydrogens (tertiary/aromatic N) is 2. The summed E-state index contributed by atoms with van der Waals surface area (Å²) in [6.45, 7) is 0. The SMILES string of the molecule is COc1cc(C(CC(=O)c2cccs2)C(C#N)C#N)cc(OC)c1OC. The summed E-state index contributed by atoms with van der Waals surface area (Å²) in [6.07, 6.45) is 0.0327. The third kappa shape index (κ3) is 3.96. The number of methoxy groups -OCH3 is 3. The number of hydrogen-bond acceptors (Lipinski definition) is 7. The predicted molar refractivity (Wildman–Crippen MR) is 96.8 cm³/mol. The van der Waals surface area contributed by atoms with Crippen LogP contribution in [0.2, 0.25) is 0 Å². The van der Waals surface area contributed by atoms with Crippen LogP contribution in [0.5, 0.6) is 17.2 Å². The van der Waals surface area contributed by atoms with Crippen molar-refractivity contribution in [2.24, 2.45) is 5.92 Å². The highest BCUT2D eigenvalue weighted by Gasteiger charge is 2.29. The number of Topliss-reactive ketones (excluding diaryl/α,β-unsaturated/α-hetero) is 1. The van der Waals surface area contributed by atoms with E-state index in [-0.39, 0.29) is 12.2 Å². The molecular weight excluding hydrogens is 352 g/mol. The molecule has 6 nitrogen and oxygen atoms in total. The molecule has 0 bridgehead atoms. The summed E-state index contributed by atoms with van der Waals surface area (Å²) in [5, 5.41) is 20.6. The van der Waals surface area contributed by atoms with Gasteiger partial charge in [-0.3, -0.25) is 4.79 Å². The lowest BCUT2D eigenvalue weighted by atomic mass is 9.83. The molecule has 2 aromatic rings. The Labute approximate surface area is 156 Å². The van der Waals surface area contributed by atoms with E-state index in [2.05, 4.69) is 0 Å². The first-order valence-electron chi connectivity index (χ1n) is 7.75. The zero-order valence-electron chi connectivity index (χ0n) is 14.7. The number of carbonyl (C=O) groups excluding carboxylic acids is 1. The number of benzene rings is 1. The van der Waals surface area contributed by atoms with Gasteiger partial charge in [-0.2, -0.15) is 10.5 Å². The third-order valence-corrected chi connectivity index (χ3v) is 4.91. The van der Waals surface area contributed by atoms with Crippen LogP contribution in [0.4, 0.5) is 0 Å². The first-order valence-corrected chi connectivity index (χ1v) is 8.63. The molecule has 7 heteroatoms. The third-order valence-electron chi connectivity index (χ3n) is 4.00. The Kier molecular flexibility index (Phi) is 6.60. The average molecular weight is 370 g/mol.